The van der Waals surface area contributed by atoms with Crippen molar-refractivity contribution in [2.75, 3.05) is 0 Å². The second-order valence-electron chi connectivity index (χ2n) is 4.44. The Hall–Kier alpha value is -1.73. The summed E-state index contributed by atoms with van der Waals surface area (Å²) in [5, 5.41) is 3.43. The van der Waals surface area contributed by atoms with Crippen LogP contribution in [0.3, 0.4) is 0 Å². The lowest BCUT2D eigenvalue weighted by Gasteiger charge is -2.03. The summed E-state index contributed by atoms with van der Waals surface area (Å²) in [6.07, 6.45) is 2.04. The van der Waals surface area contributed by atoms with Gasteiger partial charge in [-0.3, -0.25) is 0 Å². The summed E-state index contributed by atoms with van der Waals surface area (Å²) in [6.45, 7) is 2.72. The van der Waals surface area contributed by atoms with Gasteiger partial charge in [0, 0.05) is 33.4 Å². The summed E-state index contributed by atoms with van der Waals surface area (Å²) in [5.41, 5.74) is 2.51. The molecule has 18 heavy (non-hydrogen) atoms. The number of nitrogens with zero attached hydrogens (tertiary/aromatic N) is 1. The number of rotatable bonds is 2. The van der Waals surface area contributed by atoms with Crippen LogP contribution in [-0.2, 0) is 6.54 Å². The smallest absolute Gasteiger partial charge is 0.0494 e. The van der Waals surface area contributed by atoms with Crippen LogP contribution >= 0.6 is 11.6 Å². The van der Waals surface area contributed by atoms with Gasteiger partial charge in [-0.1, -0.05) is 54.1 Å². The lowest BCUT2D eigenvalue weighted by molar-refractivity contribution is 0.896. The number of fused-ring (bicyclic) bond motifs is 3. The molecule has 0 aliphatic carbocycles. The largest absolute Gasteiger partial charge is 0.337 e. The van der Waals surface area contributed by atoms with E-state index >= 15 is 0 Å². The number of hydrogen-bond donors (Lipinski definition) is 0. The Kier molecular flexibility index (Phi) is 2.85. The Bertz CT molecular complexity index is 680. The summed E-state index contributed by atoms with van der Waals surface area (Å²) in [5.74, 6) is 0. The van der Waals surface area contributed by atoms with E-state index in [2.05, 4.69) is 53.1 Å². The third kappa shape index (κ3) is 1.81. The molecule has 3 rings (SSSR count). The van der Waals surface area contributed by atoms with Crippen LogP contribution in [-0.4, -0.2) is 4.57 Å². The molecule has 1 nitrogen and oxygen atoms in total. The molecule has 0 N–H and O–H groups in total. The number of para-hydroxylation sites is 2. The molecule has 0 spiro atoms. The third-order valence-corrected chi connectivity index (χ3v) is 3.39. The first kappa shape index (κ1) is 11.4. The summed E-state index contributed by atoms with van der Waals surface area (Å²) >= 11 is 5.94. The van der Waals surface area contributed by atoms with E-state index in [9.17, 15) is 0 Å². The predicted octanol–water partition coefficient (Wildman–Crippen LogP) is 4.94. The molecule has 0 aliphatic heterocycles. The molecule has 0 unspecified atom stereocenters. The fourth-order valence-corrected chi connectivity index (χ4v) is 2.49. The maximum absolute atomic E-state index is 5.94. The Labute approximate surface area is 111 Å². The van der Waals surface area contributed by atoms with Gasteiger partial charge in [0.2, 0.25) is 0 Å². The van der Waals surface area contributed by atoms with Crippen molar-refractivity contribution in [3.8, 4) is 0 Å². The molecule has 0 atom stereocenters. The molecule has 0 bridgehead atoms. The van der Waals surface area contributed by atoms with Crippen molar-refractivity contribution in [2.45, 2.75) is 13.5 Å². The molecule has 3 aromatic rings. The standard InChI is InChI=1S/C16H14ClN/c1-12(17)10-11-18-15-8-4-2-6-13(15)14-7-3-5-9-16(14)18/h2-10H,11H2,1H3/b12-10-. The Morgan fingerprint density at radius 1 is 1.00 bits per heavy atom. The van der Waals surface area contributed by atoms with E-state index in [4.69, 9.17) is 11.6 Å². The molecule has 0 fully saturated rings. The molecule has 90 valence electrons. The second kappa shape index (κ2) is 4.51. The van der Waals surface area contributed by atoms with E-state index in [0.717, 1.165) is 11.6 Å². The topological polar surface area (TPSA) is 4.93 Å². The molecular formula is C16H14ClN. The second-order valence-corrected chi connectivity index (χ2v) is 5.03. The number of aromatic nitrogens is 1. The number of halogens is 1. The van der Waals surface area contributed by atoms with Gasteiger partial charge in [0.25, 0.3) is 0 Å². The highest BCUT2D eigenvalue weighted by Gasteiger charge is 2.07. The van der Waals surface area contributed by atoms with Crippen LogP contribution < -0.4 is 0 Å². The highest BCUT2D eigenvalue weighted by atomic mass is 35.5. The van der Waals surface area contributed by atoms with E-state index in [-0.39, 0.29) is 0 Å². The molecule has 1 aromatic heterocycles. The number of benzene rings is 2. The summed E-state index contributed by atoms with van der Waals surface area (Å²) in [7, 11) is 0. The monoisotopic (exact) mass is 255 g/mol. The molecule has 0 aliphatic rings. The first-order valence-electron chi connectivity index (χ1n) is 6.05. The lowest BCUT2D eigenvalue weighted by atomic mass is 10.2. The van der Waals surface area contributed by atoms with Crippen molar-refractivity contribution in [3.63, 3.8) is 0 Å². The Morgan fingerprint density at radius 3 is 2.00 bits per heavy atom. The van der Waals surface area contributed by atoms with Crippen LogP contribution in [0, 0.1) is 0 Å². The van der Waals surface area contributed by atoms with E-state index in [0.29, 0.717) is 0 Å². The van der Waals surface area contributed by atoms with Gasteiger partial charge >= 0.3 is 0 Å². The predicted molar refractivity (Wildman–Crippen MR) is 79.1 cm³/mol. The maximum atomic E-state index is 5.94. The molecule has 2 aromatic carbocycles. The van der Waals surface area contributed by atoms with Crippen molar-refractivity contribution in [3.05, 3.63) is 59.6 Å². The summed E-state index contributed by atoms with van der Waals surface area (Å²) in [4.78, 5) is 0. The van der Waals surface area contributed by atoms with Gasteiger partial charge in [-0.15, -0.1) is 0 Å². The molecule has 2 heteroatoms. The molecule has 0 amide bonds. The fourth-order valence-electron chi connectivity index (χ4n) is 2.42. The summed E-state index contributed by atoms with van der Waals surface area (Å²) in [6, 6.07) is 17.0. The normalized spacial score (nSPS) is 12.4. The number of hydrogen-bond acceptors (Lipinski definition) is 0. The van der Waals surface area contributed by atoms with Gasteiger partial charge in [-0.25, -0.2) is 0 Å². The van der Waals surface area contributed by atoms with Gasteiger partial charge < -0.3 is 4.57 Å². The fraction of sp³-hybridized carbons (Fsp3) is 0.125. The first-order chi connectivity index (χ1) is 8.77. The minimum absolute atomic E-state index is 0.809. The van der Waals surface area contributed by atoms with E-state index in [1.807, 2.05) is 13.0 Å². The summed E-state index contributed by atoms with van der Waals surface area (Å²) < 4.78 is 2.30. The van der Waals surface area contributed by atoms with Crippen LogP contribution in [0.2, 0.25) is 0 Å². The maximum Gasteiger partial charge on any atom is 0.0494 e. The van der Waals surface area contributed by atoms with E-state index in [1.165, 1.54) is 21.8 Å². The average molecular weight is 256 g/mol. The van der Waals surface area contributed by atoms with Crippen molar-refractivity contribution >= 4 is 33.4 Å². The zero-order valence-electron chi connectivity index (χ0n) is 10.2. The van der Waals surface area contributed by atoms with Crippen LogP contribution in [0.1, 0.15) is 6.92 Å². The number of allylic oxidation sites excluding steroid dienone is 2. The SMILES string of the molecule is C/C(Cl)=C/Cn1c2ccccc2c2ccccc21. The quantitative estimate of drug-likeness (QED) is 0.611. The molecule has 1 heterocycles. The molecule has 0 radical (unpaired) electrons. The molecule has 0 saturated carbocycles. The Balaban J connectivity index is 2.34. The van der Waals surface area contributed by atoms with Gasteiger partial charge in [-0.2, -0.15) is 0 Å². The molecule has 0 saturated heterocycles. The van der Waals surface area contributed by atoms with Crippen molar-refractivity contribution < 1.29 is 0 Å². The lowest BCUT2D eigenvalue weighted by Crippen LogP contribution is -1.94. The van der Waals surface area contributed by atoms with E-state index < -0.39 is 0 Å². The minimum atomic E-state index is 0.809. The highest BCUT2D eigenvalue weighted by Crippen LogP contribution is 2.28. The van der Waals surface area contributed by atoms with Crippen LogP contribution in [0.5, 0.6) is 0 Å². The van der Waals surface area contributed by atoms with Crippen LogP contribution in [0.4, 0.5) is 0 Å². The zero-order valence-corrected chi connectivity index (χ0v) is 11.0. The van der Waals surface area contributed by atoms with Crippen molar-refractivity contribution in [1.82, 2.24) is 4.57 Å². The highest BCUT2D eigenvalue weighted by molar-refractivity contribution is 6.29. The van der Waals surface area contributed by atoms with Gasteiger partial charge in [0.05, 0.1) is 0 Å². The third-order valence-electron chi connectivity index (χ3n) is 3.23. The minimum Gasteiger partial charge on any atom is -0.337 e. The zero-order chi connectivity index (χ0) is 12.5. The van der Waals surface area contributed by atoms with Crippen LogP contribution in [0.25, 0.3) is 21.8 Å². The van der Waals surface area contributed by atoms with E-state index in [1.54, 1.807) is 0 Å². The van der Waals surface area contributed by atoms with Crippen LogP contribution in [0.15, 0.2) is 59.6 Å². The van der Waals surface area contributed by atoms with Gasteiger partial charge in [-0.05, 0) is 19.1 Å². The van der Waals surface area contributed by atoms with Gasteiger partial charge in [0.15, 0.2) is 0 Å². The Morgan fingerprint density at radius 2 is 1.50 bits per heavy atom. The average Bonchev–Trinajstić information content (AvgIpc) is 2.71. The molecular weight excluding hydrogens is 242 g/mol. The first-order valence-corrected chi connectivity index (χ1v) is 6.43. The van der Waals surface area contributed by atoms with Crippen molar-refractivity contribution in [1.29, 1.82) is 0 Å². The van der Waals surface area contributed by atoms with Gasteiger partial charge in [0.1, 0.15) is 0 Å². The van der Waals surface area contributed by atoms with Crippen molar-refractivity contribution in [2.24, 2.45) is 0 Å².